The molecule has 4 nitrogen and oxygen atoms in total. The Bertz CT molecular complexity index is 518. The van der Waals surface area contributed by atoms with Crippen LogP contribution in [0.25, 0.3) is 10.8 Å². The number of aromatic nitrogens is 1. The molecule has 0 atom stereocenters. The van der Waals surface area contributed by atoms with Crippen LogP contribution in [0.1, 0.15) is 10.5 Å². The third-order valence-corrected chi connectivity index (χ3v) is 2.21. The first kappa shape index (κ1) is 9.45. The Morgan fingerprint density at radius 2 is 2.20 bits per heavy atom. The number of pyridine rings is 1. The normalized spacial score (nSPS) is 10.2. The first-order valence-electron chi connectivity index (χ1n) is 4.45. The molecule has 0 fully saturated rings. The summed E-state index contributed by atoms with van der Waals surface area (Å²) in [5, 5.41) is 1.55. The van der Waals surface area contributed by atoms with Crippen LogP contribution < -0.4 is 10.5 Å². The second kappa shape index (κ2) is 3.57. The number of hydrogen-bond acceptors (Lipinski definition) is 3. The highest BCUT2D eigenvalue weighted by atomic mass is 16.5. The molecule has 0 aliphatic carbocycles. The van der Waals surface area contributed by atoms with E-state index in [1.165, 1.54) is 0 Å². The van der Waals surface area contributed by atoms with Crippen LogP contribution in [0.15, 0.2) is 30.5 Å². The fourth-order valence-corrected chi connectivity index (χ4v) is 1.55. The molecule has 1 aromatic heterocycles. The summed E-state index contributed by atoms with van der Waals surface area (Å²) >= 11 is 0. The number of nitrogens with two attached hydrogens (primary N) is 1. The number of amides is 1. The molecule has 0 saturated carbocycles. The van der Waals surface area contributed by atoms with Gasteiger partial charge in [-0.05, 0) is 17.5 Å². The molecule has 0 unspecified atom stereocenters. The molecule has 2 N–H and O–H groups in total. The summed E-state index contributed by atoms with van der Waals surface area (Å²) in [7, 11) is 1.55. The lowest BCUT2D eigenvalue weighted by molar-refractivity contribution is 0.0997. The van der Waals surface area contributed by atoms with Gasteiger partial charge in [0.2, 0.25) is 0 Å². The molecule has 2 rings (SSSR count). The van der Waals surface area contributed by atoms with E-state index in [-0.39, 0.29) is 5.69 Å². The molecular formula is C11H10N2O2. The minimum atomic E-state index is -0.551. The summed E-state index contributed by atoms with van der Waals surface area (Å²) < 4.78 is 5.17. The van der Waals surface area contributed by atoms with Crippen LogP contribution in [0.5, 0.6) is 5.75 Å². The molecule has 0 saturated heterocycles. The van der Waals surface area contributed by atoms with Crippen LogP contribution in [0.3, 0.4) is 0 Å². The smallest absolute Gasteiger partial charge is 0.268 e. The van der Waals surface area contributed by atoms with E-state index in [1.807, 2.05) is 18.2 Å². The van der Waals surface area contributed by atoms with Crippen molar-refractivity contribution >= 4 is 16.7 Å². The van der Waals surface area contributed by atoms with E-state index in [4.69, 9.17) is 10.5 Å². The van der Waals surface area contributed by atoms with Crippen LogP contribution in [0.2, 0.25) is 0 Å². The maximum absolute atomic E-state index is 11.2. The summed E-state index contributed by atoms with van der Waals surface area (Å²) in [5.74, 6) is 0.0551. The van der Waals surface area contributed by atoms with Crippen molar-refractivity contribution in [2.75, 3.05) is 7.11 Å². The van der Waals surface area contributed by atoms with E-state index < -0.39 is 5.91 Å². The number of nitrogens with zero attached hydrogens (tertiary/aromatic N) is 1. The number of hydrogen-bond donors (Lipinski definition) is 1. The second-order valence-corrected chi connectivity index (χ2v) is 3.08. The van der Waals surface area contributed by atoms with Crippen LogP contribution in [0, 0.1) is 0 Å². The number of fused-ring (bicyclic) bond motifs is 1. The van der Waals surface area contributed by atoms with Crippen molar-refractivity contribution in [2.45, 2.75) is 0 Å². The van der Waals surface area contributed by atoms with Gasteiger partial charge in [-0.15, -0.1) is 0 Å². The minimum Gasteiger partial charge on any atom is -0.496 e. The summed E-state index contributed by atoms with van der Waals surface area (Å²) in [4.78, 5) is 15.1. The molecule has 1 amide bonds. The topological polar surface area (TPSA) is 65.2 Å². The number of carbonyl (C=O) groups excluding carboxylic acids is 1. The first-order chi connectivity index (χ1) is 7.24. The highest BCUT2D eigenvalue weighted by Crippen LogP contribution is 2.27. The summed E-state index contributed by atoms with van der Waals surface area (Å²) in [6, 6.07) is 7.32. The summed E-state index contributed by atoms with van der Waals surface area (Å²) in [6.07, 6.45) is 1.56. The van der Waals surface area contributed by atoms with Gasteiger partial charge in [-0.3, -0.25) is 9.78 Å². The van der Waals surface area contributed by atoms with E-state index in [0.29, 0.717) is 11.1 Å². The zero-order valence-corrected chi connectivity index (χ0v) is 8.23. The van der Waals surface area contributed by atoms with Gasteiger partial charge in [0.15, 0.2) is 0 Å². The highest BCUT2D eigenvalue weighted by molar-refractivity contribution is 6.06. The van der Waals surface area contributed by atoms with E-state index >= 15 is 0 Å². The lowest BCUT2D eigenvalue weighted by Gasteiger charge is -2.07. The Morgan fingerprint density at radius 3 is 2.87 bits per heavy atom. The zero-order chi connectivity index (χ0) is 10.8. The van der Waals surface area contributed by atoms with Gasteiger partial charge in [-0.1, -0.05) is 12.1 Å². The van der Waals surface area contributed by atoms with Crippen molar-refractivity contribution < 1.29 is 9.53 Å². The molecule has 1 heterocycles. The molecule has 0 radical (unpaired) electrons. The zero-order valence-electron chi connectivity index (χ0n) is 8.23. The van der Waals surface area contributed by atoms with Crippen LogP contribution in [-0.4, -0.2) is 18.0 Å². The Morgan fingerprint density at radius 1 is 1.40 bits per heavy atom. The van der Waals surface area contributed by atoms with Gasteiger partial charge in [0, 0.05) is 6.20 Å². The third kappa shape index (κ3) is 1.50. The fraction of sp³-hybridized carbons (Fsp3) is 0.0909. The molecule has 0 aliphatic rings. The molecule has 2 aromatic rings. The Hall–Kier alpha value is -2.10. The number of ether oxygens (including phenoxy) is 1. The van der Waals surface area contributed by atoms with Crippen molar-refractivity contribution in [3.05, 3.63) is 36.2 Å². The molecular weight excluding hydrogens is 192 g/mol. The van der Waals surface area contributed by atoms with Gasteiger partial charge in [-0.25, -0.2) is 0 Å². The average molecular weight is 202 g/mol. The quantitative estimate of drug-likeness (QED) is 0.799. The Balaban J connectivity index is 2.87. The van der Waals surface area contributed by atoms with Crippen LogP contribution >= 0.6 is 0 Å². The van der Waals surface area contributed by atoms with Crippen molar-refractivity contribution in [3.63, 3.8) is 0 Å². The lowest BCUT2D eigenvalue weighted by Crippen LogP contribution is -2.13. The largest absolute Gasteiger partial charge is 0.496 e. The van der Waals surface area contributed by atoms with Gasteiger partial charge in [0.1, 0.15) is 11.4 Å². The SMILES string of the molecule is COc1cccc2ccnc(C(N)=O)c12. The molecule has 0 aliphatic heterocycles. The van der Waals surface area contributed by atoms with Gasteiger partial charge in [0.25, 0.3) is 5.91 Å². The predicted octanol–water partition coefficient (Wildman–Crippen LogP) is 1.34. The van der Waals surface area contributed by atoms with Crippen molar-refractivity contribution in [1.29, 1.82) is 0 Å². The number of primary amides is 1. The Kier molecular flexibility index (Phi) is 2.25. The standard InChI is InChI=1S/C11H10N2O2/c1-15-8-4-2-3-7-5-6-13-10(9(7)8)11(12)14/h2-6H,1H3,(H2,12,14). The van der Waals surface area contributed by atoms with Crippen LogP contribution in [0.4, 0.5) is 0 Å². The average Bonchev–Trinajstić information content (AvgIpc) is 2.27. The second-order valence-electron chi connectivity index (χ2n) is 3.08. The predicted molar refractivity (Wildman–Crippen MR) is 56.8 cm³/mol. The van der Waals surface area contributed by atoms with Crippen molar-refractivity contribution in [1.82, 2.24) is 4.98 Å². The maximum atomic E-state index is 11.2. The monoisotopic (exact) mass is 202 g/mol. The summed E-state index contributed by atoms with van der Waals surface area (Å²) in [6.45, 7) is 0. The molecule has 0 bridgehead atoms. The molecule has 0 spiro atoms. The highest BCUT2D eigenvalue weighted by Gasteiger charge is 2.11. The van der Waals surface area contributed by atoms with Crippen LogP contribution in [-0.2, 0) is 0 Å². The molecule has 76 valence electrons. The number of rotatable bonds is 2. The van der Waals surface area contributed by atoms with E-state index in [1.54, 1.807) is 19.4 Å². The van der Waals surface area contributed by atoms with E-state index in [2.05, 4.69) is 4.98 Å². The molecule has 15 heavy (non-hydrogen) atoms. The first-order valence-corrected chi connectivity index (χ1v) is 4.45. The fourth-order valence-electron chi connectivity index (χ4n) is 1.55. The lowest BCUT2D eigenvalue weighted by atomic mass is 10.1. The Labute approximate surface area is 86.7 Å². The van der Waals surface area contributed by atoms with Gasteiger partial charge in [-0.2, -0.15) is 0 Å². The van der Waals surface area contributed by atoms with E-state index in [0.717, 1.165) is 5.39 Å². The third-order valence-electron chi connectivity index (χ3n) is 2.21. The molecule has 1 aromatic carbocycles. The summed E-state index contributed by atoms with van der Waals surface area (Å²) in [5.41, 5.74) is 5.49. The number of methoxy groups -OCH3 is 1. The van der Waals surface area contributed by atoms with Crippen molar-refractivity contribution in [3.8, 4) is 5.75 Å². The van der Waals surface area contributed by atoms with Gasteiger partial charge in [0.05, 0.1) is 12.5 Å². The molecule has 4 heteroatoms. The van der Waals surface area contributed by atoms with Gasteiger partial charge >= 0.3 is 0 Å². The van der Waals surface area contributed by atoms with Gasteiger partial charge < -0.3 is 10.5 Å². The number of benzene rings is 1. The maximum Gasteiger partial charge on any atom is 0.268 e. The number of carbonyl (C=O) groups is 1. The van der Waals surface area contributed by atoms with E-state index in [9.17, 15) is 4.79 Å². The van der Waals surface area contributed by atoms with Crippen molar-refractivity contribution in [2.24, 2.45) is 5.73 Å². The minimum absolute atomic E-state index is 0.241.